The summed E-state index contributed by atoms with van der Waals surface area (Å²) in [6.07, 6.45) is 4.01. The van der Waals surface area contributed by atoms with E-state index >= 15 is 0 Å². The van der Waals surface area contributed by atoms with Crippen molar-refractivity contribution in [1.82, 2.24) is 9.88 Å². The van der Waals surface area contributed by atoms with Gasteiger partial charge in [-0.2, -0.15) is 0 Å². The quantitative estimate of drug-likeness (QED) is 0.839. The molecule has 1 heterocycles. The highest BCUT2D eigenvalue weighted by molar-refractivity contribution is 6.33. The van der Waals surface area contributed by atoms with Gasteiger partial charge in [0, 0.05) is 25.5 Å². The Balaban J connectivity index is 2.20. The summed E-state index contributed by atoms with van der Waals surface area (Å²) in [4.78, 5) is 18.3. The molecule has 0 saturated carbocycles. The maximum Gasteiger partial charge on any atom is 0.257 e. The van der Waals surface area contributed by atoms with Crippen molar-refractivity contribution in [3.05, 3.63) is 64.9 Å². The number of aromatic nitrogens is 1. The van der Waals surface area contributed by atoms with Crippen molar-refractivity contribution in [3.8, 4) is 0 Å². The van der Waals surface area contributed by atoms with Crippen LogP contribution in [-0.2, 0) is 6.54 Å². The third-order valence-corrected chi connectivity index (χ3v) is 3.32. The van der Waals surface area contributed by atoms with Crippen LogP contribution in [0.3, 0.4) is 0 Å². The van der Waals surface area contributed by atoms with Gasteiger partial charge < -0.3 is 4.90 Å². The molecular formula is C16H17ClN2O. The molecule has 0 aliphatic carbocycles. The van der Waals surface area contributed by atoms with E-state index in [9.17, 15) is 4.79 Å². The molecule has 0 bridgehead atoms. The van der Waals surface area contributed by atoms with Crippen molar-refractivity contribution >= 4 is 17.5 Å². The maximum atomic E-state index is 12.6. The first kappa shape index (κ1) is 14.5. The van der Waals surface area contributed by atoms with Gasteiger partial charge in [0.1, 0.15) is 0 Å². The average molecular weight is 289 g/mol. The molecule has 0 radical (unpaired) electrons. The van der Waals surface area contributed by atoms with E-state index in [1.54, 1.807) is 17.2 Å². The Morgan fingerprint density at radius 1 is 1.25 bits per heavy atom. The summed E-state index contributed by atoms with van der Waals surface area (Å²) in [6, 6.07) is 11.6. The van der Waals surface area contributed by atoms with Gasteiger partial charge >= 0.3 is 0 Å². The molecule has 0 aliphatic heterocycles. The van der Waals surface area contributed by atoms with Crippen molar-refractivity contribution in [2.45, 2.75) is 19.9 Å². The van der Waals surface area contributed by atoms with Gasteiger partial charge in [0.2, 0.25) is 0 Å². The van der Waals surface area contributed by atoms with Crippen molar-refractivity contribution < 1.29 is 4.79 Å². The summed E-state index contributed by atoms with van der Waals surface area (Å²) in [6.45, 7) is 3.33. The number of hydrogen-bond donors (Lipinski definition) is 0. The molecule has 2 rings (SSSR count). The monoisotopic (exact) mass is 288 g/mol. The van der Waals surface area contributed by atoms with Crippen LogP contribution in [0.25, 0.3) is 0 Å². The van der Waals surface area contributed by atoms with E-state index in [0.717, 1.165) is 12.0 Å². The highest BCUT2D eigenvalue weighted by Crippen LogP contribution is 2.17. The van der Waals surface area contributed by atoms with E-state index in [2.05, 4.69) is 11.9 Å². The zero-order chi connectivity index (χ0) is 14.4. The fourth-order valence-electron chi connectivity index (χ4n) is 2.03. The van der Waals surface area contributed by atoms with Crippen molar-refractivity contribution in [2.75, 3.05) is 6.54 Å². The van der Waals surface area contributed by atoms with E-state index in [-0.39, 0.29) is 5.91 Å². The van der Waals surface area contributed by atoms with E-state index in [4.69, 9.17) is 11.6 Å². The largest absolute Gasteiger partial charge is 0.334 e. The maximum absolute atomic E-state index is 12.6. The van der Waals surface area contributed by atoms with Gasteiger partial charge in [0.05, 0.1) is 10.6 Å². The molecule has 0 fully saturated rings. The predicted octanol–water partition coefficient (Wildman–Crippen LogP) is 3.79. The van der Waals surface area contributed by atoms with Crippen LogP contribution in [-0.4, -0.2) is 22.3 Å². The van der Waals surface area contributed by atoms with Crippen molar-refractivity contribution in [2.24, 2.45) is 0 Å². The Labute approximate surface area is 124 Å². The molecule has 0 N–H and O–H groups in total. The number of benzene rings is 1. The van der Waals surface area contributed by atoms with Crippen LogP contribution >= 0.6 is 11.6 Å². The third kappa shape index (κ3) is 3.58. The van der Waals surface area contributed by atoms with Gasteiger partial charge in [-0.25, -0.2) is 0 Å². The summed E-state index contributed by atoms with van der Waals surface area (Å²) in [5.74, 6) is -0.0752. The van der Waals surface area contributed by atoms with Crippen LogP contribution in [0, 0.1) is 0 Å². The zero-order valence-corrected chi connectivity index (χ0v) is 12.2. The second-order valence-corrected chi connectivity index (χ2v) is 4.98. The van der Waals surface area contributed by atoms with Crippen LogP contribution in [0.5, 0.6) is 0 Å². The smallest absolute Gasteiger partial charge is 0.257 e. The normalized spacial score (nSPS) is 10.3. The van der Waals surface area contributed by atoms with Gasteiger partial charge in [-0.15, -0.1) is 0 Å². The summed E-state index contributed by atoms with van der Waals surface area (Å²) in [5, 5.41) is 0.444. The fraction of sp³-hybridized carbons (Fsp3) is 0.250. The predicted molar refractivity (Wildman–Crippen MR) is 80.7 cm³/mol. The van der Waals surface area contributed by atoms with E-state index in [0.29, 0.717) is 23.7 Å². The van der Waals surface area contributed by atoms with Crippen LogP contribution < -0.4 is 0 Å². The topological polar surface area (TPSA) is 33.2 Å². The number of carbonyl (C=O) groups excluding carboxylic acids is 1. The lowest BCUT2D eigenvalue weighted by molar-refractivity contribution is 0.0743. The molecule has 20 heavy (non-hydrogen) atoms. The number of rotatable bonds is 5. The van der Waals surface area contributed by atoms with Crippen LogP contribution in [0.2, 0.25) is 5.02 Å². The Morgan fingerprint density at radius 2 is 2.00 bits per heavy atom. The lowest BCUT2D eigenvalue weighted by atomic mass is 10.2. The van der Waals surface area contributed by atoms with Gasteiger partial charge in [-0.1, -0.05) is 48.9 Å². The Hall–Kier alpha value is -1.87. The summed E-state index contributed by atoms with van der Waals surface area (Å²) >= 11 is 6.08. The standard InChI is InChI=1S/C16H17ClN2O/c1-2-10-19(12-13-6-4-3-5-7-13)16(20)14-11-18-9-8-15(14)17/h3-9,11H,2,10,12H2,1H3. The molecule has 2 aromatic rings. The Bertz CT molecular complexity index is 572. The molecule has 1 aromatic heterocycles. The van der Waals surface area contributed by atoms with Crippen LogP contribution in [0.15, 0.2) is 48.8 Å². The molecule has 1 aromatic carbocycles. The summed E-state index contributed by atoms with van der Waals surface area (Å²) in [7, 11) is 0. The molecular weight excluding hydrogens is 272 g/mol. The van der Waals surface area contributed by atoms with Gasteiger partial charge in [0.15, 0.2) is 0 Å². The van der Waals surface area contributed by atoms with Crippen LogP contribution in [0.1, 0.15) is 29.3 Å². The third-order valence-electron chi connectivity index (χ3n) is 3.00. The van der Waals surface area contributed by atoms with Gasteiger partial charge in [0.25, 0.3) is 5.91 Å². The highest BCUT2D eigenvalue weighted by Gasteiger charge is 2.18. The fourth-order valence-corrected chi connectivity index (χ4v) is 2.22. The number of halogens is 1. The molecule has 0 spiro atoms. The minimum Gasteiger partial charge on any atom is -0.334 e. The number of carbonyl (C=O) groups is 1. The SMILES string of the molecule is CCCN(Cc1ccccc1)C(=O)c1cnccc1Cl. The minimum absolute atomic E-state index is 0.0752. The van der Waals surface area contributed by atoms with E-state index in [1.165, 1.54) is 6.20 Å². The molecule has 0 saturated heterocycles. The molecule has 1 amide bonds. The average Bonchev–Trinajstić information content (AvgIpc) is 2.48. The van der Waals surface area contributed by atoms with Crippen molar-refractivity contribution in [1.29, 1.82) is 0 Å². The van der Waals surface area contributed by atoms with Crippen molar-refractivity contribution in [3.63, 3.8) is 0 Å². The lowest BCUT2D eigenvalue weighted by Gasteiger charge is -2.22. The highest BCUT2D eigenvalue weighted by atomic mass is 35.5. The molecule has 0 atom stereocenters. The van der Waals surface area contributed by atoms with Crippen LogP contribution in [0.4, 0.5) is 0 Å². The Morgan fingerprint density at radius 3 is 2.65 bits per heavy atom. The molecule has 4 heteroatoms. The summed E-state index contributed by atoms with van der Waals surface area (Å²) < 4.78 is 0. The first-order chi connectivity index (χ1) is 9.72. The molecule has 0 unspecified atom stereocenters. The second kappa shape index (κ2) is 7.06. The van der Waals surface area contributed by atoms with E-state index in [1.807, 2.05) is 30.3 Å². The zero-order valence-electron chi connectivity index (χ0n) is 11.4. The second-order valence-electron chi connectivity index (χ2n) is 4.57. The molecule has 0 aliphatic rings. The lowest BCUT2D eigenvalue weighted by Crippen LogP contribution is -2.31. The van der Waals surface area contributed by atoms with Gasteiger partial charge in [-0.05, 0) is 18.1 Å². The Kier molecular flexibility index (Phi) is 5.13. The minimum atomic E-state index is -0.0752. The molecule has 3 nitrogen and oxygen atoms in total. The first-order valence-electron chi connectivity index (χ1n) is 6.65. The molecule has 104 valence electrons. The number of nitrogens with zero attached hydrogens (tertiary/aromatic N) is 2. The summed E-state index contributed by atoms with van der Waals surface area (Å²) in [5.41, 5.74) is 1.56. The number of amides is 1. The van der Waals surface area contributed by atoms with E-state index < -0.39 is 0 Å². The first-order valence-corrected chi connectivity index (χ1v) is 7.03. The number of hydrogen-bond acceptors (Lipinski definition) is 2. The van der Waals surface area contributed by atoms with Gasteiger partial charge in [-0.3, -0.25) is 9.78 Å². The number of pyridine rings is 1.